The fourth-order valence-corrected chi connectivity index (χ4v) is 5.23. The molecule has 0 saturated carbocycles. The Morgan fingerprint density at radius 2 is 1.76 bits per heavy atom. The number of aromatic nitrogens is 3. The van der Waals surface area contributed by atoms with E-state index in [1.54, 1.807) is 23.6 Å². The molecule has 212 valence electrons. The minimum absolute atomic E-state index is 0.0321. The largest absolute Gasteiger partial charge is 0.507 e. The first kappa shape index (κ1) is 27.6. The molecule has 5 aromatic rings. The van der Waals surface area contributed by atoms with E-state index in [1.807, 2.05) is 13.8 Å². The predicted molar refractivity (Wildman–Crippen MR) is 146 cm³/mol. The molecule has 0 saturated heterocycles. The number of carboxylic acids is 1. The molecule has 5 rings (SSSR count). The molecule has 2 N–H and O–H groups in total. The normalized spacial score (nSPS) is 11.7. The van der Waals surface area contributed by atoms with Crippen LogP contribution in [0.5, 0.6) is 17.2 Å². The second-order valence-corrected chi connectivity index (χ2v) is 10.2. The summed E-state index contributed by atoms with van der Waals surface area (Å²) in [6, 6.07) is 11.1. The number of hydrogen-bond donors (Lipinski definition) is 2. The summed E-state index contributed by atoms with van der Waals surface area (Å²) in [6.07, 6.45) is 0.239. The van der Waals surface area contributed by atoms with Gasteiger partial charge in [-0.05, 0) is 35.9 Å². The second kappa shape index (κ2) is 10.2. The first-order chi connectivity index (χ1) is 19.4. The van der Waals surface area contributed by atoms with Crippen LogP contribution in [0.15, 0.2) is 52.9 Å². The topological polar surface area (TPSA) is 120 Å². The summed E-state index contributed by atoms with van der Waals surface area (Å²) in [4.78, 5) is 11.8. The van der Waals surface area contributed by atoms with E-state index in [0.717, 1.165) is 6.07 Å². The van der Waals surface area contributed by atoms with Crippen molar-refractivity contribution >= 4 is 16.9 Å². The van der Waals surface area contributed by atoms with Crippen molar-refractivity contribution in [2.75, 3.05) is 14.2 Å². The first-order valence-corrected chi connectivity index (χ1v) is 12.6. The van der Waals surface area contributed by atoms with Gasteiger partial charge in [-0.3, -0.25) is 0 Å². The summed E-state index contributed by atoms with van der Waals surface area (Å²) < 4.78 is 47.4. The lowest BCUT2D eigenvalue weighted by atomic mass is 9.81. The number of fused-ring (bicyclic) bond motifs is 1. The molecule has 0 spiro atoms. The number of phenolic OH excluding ortho intramolecular Hbond substituents is 1. The number of methoxy groups -OCH3 is 2. The summed E-state index contributed by atoms with van der Waals surface area (Å²) in [5, 5.41) is 29.2. The van der Waals surface area contributed by atoms with E-state index in [1.165, 1.54) is 44.6 Å². The van der Waals surface area contributed by atoms with Crippen molar-refractivity contribution in [2.45, 2.75) is 32.6 Å². The Balaban J connectivity index is 1.94. The van der Waals surface area contributed by atoms with Crippen molar-refractivity contribution in [3.05, 3.63) is 83.2 Å². The Labute approximate surface area is 233 Å². The van der Waals surface area contributed by atoms with E-state index in [9.17, 15) is 23.8 Å². The molecular formula is C30H27F2N3O6. The third-order valence-electron chi connectivity index (χ3n) is 6.93. The monoisotopic (exact) mass is 563 g/mol. The van der Waals surface area contributed by atoms with E-state index >= 15 is 0 Å². The van der Waals surface area contributed by atoms with Crippen LogP contribution in [0.25, 0.3) is 27.7 Å². The highest BCUT2D eigenvalue weighted by Crippen LogP contribution is 2.48. The van der Waals surface area contributed by atoms with Crippen LogP contribution in [-0.2, 0) is 11.8 Å². The maximum Gasteiger partial charge on any atom is 0.339 e. The van der Waals surface area contributed by atoms with Gasteiger partial charge in [-0.25, -0.2) is 13.6 Å². The van der Waals surface area contributed by atoms with Crippen molar-refractivity contribution in [3.8, 4) is 34.1 Å². The molecule has 2 heterocycles. The highest BCUT2D eigenvalue weighted by atomic mass is 19.1. The molecule has 0 aliphatic rings. The summed E-state index contributed by atoms with van der Waals surface area (Å²) in [7, 11) is 2.70. The number of aryl methyl sites for hydroxylation is 1. The van der Waals surface area contributed by atoms with Crippen molar-refractivity contribution in [3.63, 3.8) is 0 Å². The Kier molecular flexibility index (Phi) is 6.90. The fraction of sp³-hybridized carbons (Fsp3) is 0.233. The number of benzene rings is 3. The number of rotatable bonds is 8. The van der Waals surface area contributed by atoms with Crippen LogP contribution in [0.1, 0.15) is 41.7 Å². The molecule has 0 atom stereocenters. The van der Waals surface area contributed by atoms with Gasteiger partial charge >= 0.3 is 5.97 Å². The van der Waals surface area contributed by atoms with Crippen molar-refractivity contribution in [1.29, 1.82) is 0 Å². The van der Waals surface area contributed by atoms with E-state index in [0.29, 0.717) is 39.7 Å². The third kappa shape index (κ3) is 4.83. The van der Waals surface area contributed by atoms with E-state index in [2.05, 4.69) is 10.2 Å². The highest BCUT2D eigenvalue weighted by molar-refractivity contribution is 6.04. The van der Waals surface area contributed by atoms with Crippen LogP contribution in [0.4, 0.5) is 8.78 Å². The molecule has 0 aliphatic carbocycles. The molecule has 11 heteroatoms. The number of aromatic hydroxyl groups is 1. The van der Waals surface area contributed by atoms with Gasteiger partial charge in [0, 0.05) is 47.8 Å². The highest BCUT2D eigenvalue weighted by Gasteiger charge is 2.35. The number of ether oxygens (including phenoxy) is 2. The Bertz CT molecular complexity index is 1810. The molecule has 3 aromatic carbocycles. The molecule has 2 aromatic heterocycles. The molecule has 0 fully saturated rings. The van der Waals surface area contributed by atoms with Crippen LogP contribution in [0.2, 0.25) is 0 Å². The molecular weight excluding hydrogens is 536 g/mol. The maximum atomic E-state index is 14.9. The lowest BCUT2D eigenvalue weighted by Gasteiger charge is -2.28. The van der Waals surface area contributed by atoms with E-state index < -0.39 is 23.0 Å². The molecule has 0 radical (unpaired) electrons. The van der Waals surface area contributed by atoms with E-state index in [4.69, 9.17) is 13.9 Å². The SMILES string of the molecule is COc1cc(-n2c(C(C)(C)Cc3nnc(C)o3)c(-c3ccc(C(=O)O)c(OC)c3)c3c(O)cc(F)cc32)ccc1F. The smallest absolute Gasteiger partial charge is 0.339 e. The number of hydrogen-bond acceptors (Lipinski definition) is 7. The third-order valence-corrected chi connectivity index (χ3v) is 6.93. The van der Waals surface area contributed by atoms with Gasteiger partial charge in [0.25, 0.3) is 0 Å². The summed E-state index contributed by atoms with van der Waals surface area (Å²) >= 11 is 0. The number of phenols is 1. The molecule has 0 amide bonds. The van der Waals surface area contributed by atoms with Gasteiger partial charge in [-0.1, -0.05) is 19.9 Å². The second-order valence-electron chi connectivity index (χ2n) is 10.2. The Hall–Kier alpha value is -4.93. The zero-order valence-corrected chi connectivity index (χ0v) is 23.0. The lowest BCUT2D eigenvalue weighted by Crippen LogP contribution is -2.25. The molecule has 0 bridgehead atoms. The minimum atomic E-state index is -1.17. The zero-order chi connectivity index (χ0) is 29.6. The average Bonchev–Trinajstić information content (AvgIpc) is 3.49. The van der Waals surface area contributed by atoms with Crippen molar-refractivity contribution in [2.24, 2.45) is 0 Å². The summed E-state index contributed by atoms with van der Waals surface area (Å²) in [6.45, 7) is 5.50. The van der Waals surface area contributed by atoms with Crippen LogP contribution in [-0.4, -0.2) is 45.2 Å². The standard InChI is InChI=1S/C30H27F2N3O6/c1-15-33-34-25(41-15)14-30(2,3)28-26(16-6-8-19(29(37)38)23(10-16)39-4)27-21(11-17(31)12-22(27)36)35(28)18-7-9-20(32)24(13-18)40-5/h6-13,36H,14H2,1-5H3,(H,37,38). The average molecular weight is 564 g/mol. The van der Waals surface area contributed by atoms with Crippen molar-refractivity contribution in [1.82, 2.24) is 14.8 Å². The van der Waals surface area contributed by atoms with Crippen LogP contribution in [0, 0.1) is 18.6 Å². The summed E-state index contributed by atoms with van der Waals surface area (Å²) in [5.74, 6) is -1.99. The van der Waals surface area contributed by atoms with Gasteiger partial charge in [-0.2, -0.15) is 0 Å². The summed E-state index contributed by atoms with van der Waals surface area (Å²) in [5.41, 5.74) is 1.38. The first-order valence-electron chi connectivity index (χ1n) is 12.6. The number of carbonyl (C=O) groups is 1. The van der Waals surface area contributed by atoms with Gasteiger partial charge in [0.2, 0.25) is 11.8 Å². The molecule has 41 heavy (non-hydrogen) atoms. The number of carboxylic acid groups (broad SMARTS) is 1. The minimum Gasteiger partial charge on any atom is -0.507 e. The quantitative estimate of drug-likeness (QED) is 0.229. The molecule has 0 unspecified atom stereocenters. The molecule has 0 aliphatic heterocycles. The van der Waals surface area contributed by atoms with Gasteiger partial charge < -0.3 is 28.7 Å². The van der Waals surface area contributed by atoms with Gasteiger partial charge in [0.1, 0.15) is 22.9 Å². The van der Waals surface area contributed by atoms with Gasteiger partial charge in [0.15, 0.2) is 11.6 Å². The Morgan fingerprint density at radius 1 is 1.02 bits per heavy atom. The fourth-order valence-electron chi connectivity index (χ4n) is 5.23. The lowest BCUT2D eigenvalue weighted by molar-refractivity contribution is 0.0693. The van der Waals surface area contributed by atoms with Crippen LogP contribution < -0.4 is 9.47 Å². The number of halogens is 2. The maximum absolute atomic E-state index is 14.9. The van der Waals surface area contributed by atoms with Crippen LogP contribution >= 0.6 is 0 Å². The van der Waals surface area contributed by atoms with Gasteiger partial charge in [0.05, 0.1) is 25.1 Å². The zero-order valence-electron chi connectivity index (χ0n) is 23.0. The predicted octanol–water partition coefficient (Wildman–Crippen LogP) is 6.21. The van der Waals surface area contributed by atoms with Crippen molar-refractivity contribution < 1.29 is 37.7 Å². The molecule has 9 nitrogen and oxygen atoms in total. The Morgan fingerprint density at radius 3 is 2.39 bits per heavy atom. The number of aromatic carboxylic acids is 1. The number of nitrogens with zero attached hydrogens (tertiary/aromatic N) is 3. The van der Waals surface area contributed by atoms with Gasteiger partial charge in [-0.15, -0.1) is 10.2 Å². The van der Waals surface area contributed by atoms with E-state index in [-0.39, 0.29) is 34.7 Å². The van der Waals surface area contributed by atoms with Crippen LogP contribution in [0.3, 0.4) is 0 Å².